The van der Waals surface area contributed by atoms with Crippen molar-refractivity contribution in [1.29, 1.82) is 0 Å². The van der Waals surface area contributed by atoms with Crippen LogP contribution < -0.4 is 4.74 Å². The van der Waals surface area contributed by atoms with E-state index in [-0.39, 0.29) is 0 Å². The Bertz CT molecular complexity index is 552. The fraction of sp³-hybridized carbons (Fsp3) is 0.200. The van der Waals surface area contributed by atoms with Gasteiger partial charge in [0.2, 0.25) is 0 Å². The highest BCUT2D eigenvalue weighted by Crippen LogP contribution is 2.29. The van der Waals surface area contributed by atoms with Crippen LogP contribution in [0.2, 0.25) is 0 Å². The van der Waals surface area contributed by atoms with Crippen LogP contribution in [0.25, 0.3) is 0 Å². The molecule has 0 spiro atoms. The maximum absolute atomic E-state index is 10.5. The van der Waals surface area contributed by atoms with Gasteiger partial charge in [-0.2, -0.15) is 0 Å². The topological polar surface area (TPSA) is 29.5 Å². The maximum Gasteiger partial charge on any atom is 0.119 e. The Kier molecular flexibility index (Phi) is 4.24. The van der Waals surface area contributed by atoms with Crippen molar-refractivity contribution < 1.29 is 9.84 Å². The van der Waals surface area contributed by atoms with Gasteiger partial charge in [0.05, 0.1) is 7.11 Å². The third-order valence-corrected chi connectivity index (χ3v) is 4.40. The SMILES string of the molecule is COc1cccc(C(O)c2cccc(C)c2I)c1. The molecule has 0 heterocycles. The molecule has 0 saturated heterocycles. The smallest absolute Gasteiger partial charge is 0.119 e. The van der Waals surface area contributed by atoms with E-state index in [0.717, 1.165) is 20.4 Å². The summed E-state index contributed by atoms with van der Waals surface area (Å²) in [4.78, 5) is 0. The van der Waals surface area contributed by atoms with Gasteiger partial charge in [-0.1, -0.05) is 30.3 Å². The summed E-state index contributed by atoms with van der Waals surface area (Å²) < 4.78 is 6.28. The predicted octanol–water partition coefficient (Wildman–Crippen LogP) is 3.69. The lowest BCUT2D eigenvalue weighted by Gasteiger charge is -2.15. The second kappa shape index (κ2) is 5.71. The summed E-state index contributed by atoms with van der Waals surface area (Å²) in [6, 6.07) is 13.5. The van der Waals surface area contributed by atoms with Crippen LogP contribution in [-0.2, 0) is 0 Å². The van der Waals surface area contributed by atoms with E-state index in [1.807, 2.05) is 49.4 Å². The first kappa shape index (κ1) is 13.4. The van der Waals surface area contributed by atoms with Gasteiger partial charge in [-0.05, 0) is 58.3 Å². The molecular weight excluding hydrogens is 339 g/mol. The fourth-order valence-electron chi connectivity index (χ4n) is 1.87. The van der Waals surface area contributed by atoms with Crippen LogP contribution in [0.4, 0.5) is 0 Å². The number of rotatable bonds is 3. The zero-order valence-corrected chi connectivity index (χ0v) is 12.5. The van der Waals surface area contributed by atoms with E-state index in [4.69, 9.17) is 4.74 Å². The highest BCUT2D eigenvalue weighted by Gasteiger charge is 2.14. The van der Waals surface area contributed by atoms with E-state index < -0.39 is 6.10 Å². The first-order valence-corrected chi connectivity index (χ1v) is 6.78. The summed E-state index contributed by atoms with van der Waals surface area (Å²) in [6.45, 7) is 2.05. The molecule has 2 aromatic rings. The Labute approximate surface area is 121 Å². The highest BCUT2D eigenvalue weighted by molar-refractivity contribution is 14.1. The summed E-state index contributed by atoms with van der Waals surface area (Å²) in [5.74, 6) is 0.759. The Morgan fingerprint density at radius 3 is 2.61 bits per heavy atom. The minimum atomic E-state index is -0.619. The van der Waals surface area contributed by atoms with Crippen LogP contribution in [0.15, 0.2) is 42.5 Å². The quantitative estimate of drug-likeness (QED) is 0.852. The van der Waals surface area contributed by atoms with Crippen LogP contribution in [0.3, 0.4) is 0 Å². The van der Waals surface area contributed by atoms with Crippen LogP contribution in [-0.4, -0.2) is 12.2 Å². The molecular formula is C15H15IO2. The molecule has 2 rings (SSSR count). The van der Waals surface area contributed by atoms with Crippen LogP contribution >= 0.6 is 22.6 Å². The van der Waals surface area contributed by atoms with E-state index in [1.54, 1.807) is 7.11 Å². The first-order valence-electron chi connectivity index (χ1n) is 5.70. The molecule has 0 aliphatic heterocycles. The Hall–Kier alpha value is -1.07. The number of ether oxygens (including phenoxy) is 1. The van der Waals surface area contributed by atoms with Gasteiger partial charge < -0.3 is 9.84 Å². The Balaban J connectivity index is 2.41. The molecule has 18 heavy (non-hydrogen) atoms. The van der Waals surface area contributed by atoms with Crippen molar-refractivity contribution in [2.24, 2.45) is 0 Å². The second-order valence-electron chi connectivity index (χ2n) is 4.16. The van der Waals surface area contributed by atoms with Crippen LogP contribution in [0.1, 0.15) is 22.8 Å². The zero-order valence-electron chi connectivity index (χ0n) is 10.4. The third-order valence-electron chi connectivity index (χ3n) is 2.93. The number of aryl methyl sites for hydroxylation is 1. The van der Waals surface area contributed by atoms with E-state index >= 15 is 0 Å². The van der Waals surface area contributed by atoms with Crippen molar-refractivity contribution in [3.8, 4) is 5.75 Å². The average molecular weight is 354 g/mol. The number of hydrogen-bond donors (Lipinski definition) is 1. The number of aliphatic hydroxyl groups is 1. The lowest BCUT2D eigenvalue weighted by molar-refractivity contribution is 0.219. The molecule has 0 saturated carbocycles. The van der Waals surface area contributed by atoms with Gasteiger partial charge in [0, 0.05) is 3.57 Å². The molecule has 0 amide bonds. The third kappa shape index (κ3) is 2.67. The molecule has 3 heteroatoms. The molecule has 2 nitrogen and oxygen atoms in total. The molecule has 0 radical (unpaired) electrons. The Morgan fingerprint density at radius 2 is 1.89 bits per heavy atom. The molecule has 0 aliphatic carbocycles. The summed E-state index contributed by atoms with van der Waals surface area (Å²) in [6.07, 6.45) is -0.619. The van der Waals surface area contributed by atoms with E-state index in [0.29, 0.717) is 0 Å². The lowest BCUT2D eigenvalue weighted by Crippen LogP contribution is -2.03. The number of halogens is 1. The van der Waals surface area contributed by atoms with Gasteiger partial charge in [0.1, 0.15) is 11.9 Å². The first-order chi connectivity index (χ1) is 8.63. The predicted molar refractivity (Wildman–Crippen MR) is 81.0 cm³/mol. The normalized spacial score (nSPS) is 12.2. The highest BCUT2D eigenvalue weighted by atomic mass is 127. The second-order valence-corrected chi connectivity index (χ2v) is 5.24. The molecule has 0 aromatic heterocycles. The van der Waals surface area contributed by atoms with E-state index in [2.05, 4.69) is 22.6 Å². The monoisotopic (exact) mass is 354 g/mol. The van der Waals surface area contributed by atoms with Crippen LogP contribution in [0, 0.1) is 10.5 Å². The van der Waals surface area contributed by atoms with Crippen molar-refractivity contribution in [3.05, 3.63) is 62.7 Å². The number of methoxy groups -OCH3 is 1. The minimum Gasteiger partial charge on any atom is -0.497 e. The van der Waals surface area contributed by atoms with Gasteiger partial charge in [0.25, 0.3) is 0 Å². The molecule has 0 bridgehead atoms. The van der Waals surface area contributed by atoms with Crippen molar-refractivity contribution in [2.45, 2.75) is 13.0 Å². The van der Waals surface area contributed by atoms with Gasteiger partial charge in [0.15, 0.2) is 0 Å². The minimum absolute atomic E-state index is 0.619. The van der Waals surface area contributed by atoms with Crippen molar-refractivity contribution >= 4 is 22.6 Å². The van der Waals surface area contributed by atoms with E-state index in [1.165, 1.54) is 5.56 Å². The molecule has 94 valence electrons. The average Bonchev–Trinajstić information content (AvgIpc) is 2.41. The summed E-state index contributed by atoms with van der Waals surface area (Å²) >= 11 is 2.27. The van der Waals surface area contributed by atoms with Crippen molar-refractivity contribution in [1.82, 2.24) is 0 Å². The Morgan fingerprint density at radius 1 is 1.17 bits per heavy atom. The molecule has 0 aliphatic rings. The van der Waals surface area contributed by atoms with Crippen molar-refractivity contribution in [2.75, 3.05) is 7.11 Å². The summed E-state index contributed by atoms with van der Waals surface area (Å²) in [7, 11) is 1.63. The lowest BCUT2D eigenvalue weighted by atomic mass is 10.00. The molecule has 1 N–H and O–H groups in total. The van der Waals surface area contributed by atoms with Crippen molar-refractivity contribution in [3.63, 3.8) is 0 Å². The number of aliphatic hydroxyl groups excluding tert-OH is 1. The molecule has 2 aromatic carbocycles. The maximum atomic E-state index is 10.5. The largest absolute Gasteiger partial charge is 0.497 e. The molecule has 1 unspecified atom stereocenters. The van der Waals surface area contributed by atoms with Crippen LogP contribution in [0.5, 0.6) is 5.75 Å². The fourth-order valence-corrected chi connectivity index (χ4v) is 2.53. The van der Waals surface area contributed by atoms with Gasteiger partial charge in [-0.15, -0.1) is 0 Å². The molecule has 0 fully saturated rings. The van der Waals surface area contributed by atoms with Gasteiger partial charge in [-0.3, -0.25) is 0 Å². The van der Waals surface area contributed by atoms with Gasteiger partial charge in [-0.25, -0.2) is 0 Å². The van der Waals surface area contributed by atoms with Gasteiger partial charge >= 0.3 is 0 Å². The van der Waals surface area contributed by atoms with E-state index in [9.17, 15) is 5.11 Å². The number of benzene rings is 2. The summed E-state index contributed by atoms with van der Waals surface area (Å²) in [5, 5.41) is 10.5. The standard InChI is InChI=1S/C15H15IO2/c1-10-5-3-8-13(14(10)16)15(17)11-6-4-7-12(9-11)18-2/h3-9,15,17H,1-2H3. The molecule has 1 atom stereocenters. The summed E-state index contributed by atoms with van der Waals surface area (Å²) in [5.41, 5.74) is 2.96. The zero-order chi connectivity index (χ0) is 13.1. The number of hydrogen-bond acceptors (Lipinski definition) is 2.